The van der Waals surface area contributed by atoms with Crippen LogP contribution in [0.25, 0.3) is 0 Å². The van der Waals surface area contributed by atoms with Crippen LogP contribution in [0.2, 0.25) is 5.02 Å². The van der Waals surface area contributed by atoms with Crippen molar-refractivity contribution in [2.24, 2.45) is 5.41 Å². The maximum absolute atomic E-state index is 13.9. The molecule has 0 aromatic heterocycles. The molecule has 0 saturated carbocycles. The molecule has 1 aromatic rings. The first kappa shape index (κ1) is 20.2. The summed E-state index contributed by atoms with van der Waals surface area (Å²) in [5.41, 5.74) is -0.377. The second-order valence-corrected chi connectivity index (χ2v) is 9.47. The number of hydrogen-bond donors (Lipinski definition) is 1. The van der Waals surface area contributed by atoms with Gasteiger partial charge in [0.25, 0.3) is 0 Å². The lowest BCUT2D eigenvalue weighted by Crippen LogP contribution is -2.76. The van der Waals surface area contributed by atoms with Crippen LogP contribution in [-0.4, -0.2) is 65.4 Å². The van der Waals surface area contributed by atoms with Crippen molar-refractivity contribution in [1.82, 2.24) is 15.1 Å². The van der Waals surface area contributed by atoms with Gasteiger partial charge < -0.3 is 4.90 Å². The smallest absolute Gasteiger partial charge is 0.331 e. The molecule has 7 nitrogen and oxygen atoms in total. The number of anilines is 1. The summed E-state index contributed by atoms with van der Waals surface area (Å²) in [6.07, 6.45) is 0.186. The number of urea groups is 1. The quantitative estimate of drug-likeness (QED) is 0.708. The number of nitrogens with one attached hydrogen (secondary N) is 1. The summed E-state index contributed by atoms with van der Waals surface area (Å²) in [5.74, 6) is -0.955. The van der Waals surface area contributed by atoms with Crippen LogP contribution in [0.4, 0.5) is 10.5 Å². The van der Waals surface area contributed by atoms with Gasteiger partial charge in [-0.2, -0.15) is 0 Å². The lowest BCUT2D eigenvalue weighted by Gasteiger charge is -2.56. The van der Waals surface area contributed by atoms with Crippen molar-refractivity contribution in [3.63, 3.8) is 0 Å². The van der Waals surface area contributed by atoms with E-state index in [1.165, 1.54) is 4.90 Å². The predicted octanol–water partition coefficient (Wildman–Crippen LogP) is 2.27. The Hall–Kier alpha value is -2.12. The normalized spacial score (nSPS) is 27.8. The monoisotopic (exact) mass is 418 g/mol. The number of fused-ring (bicyclic) bond motifs is 4. The molecule has 4 rings (SSSR count). The largest absolute Gasteiger partial charge is 0.364 e. The zero-order valence-corrected chi connectivity index (χ0v) is 18.0. The van der Waals surface area contributed by atoms with Gasteiger partial charge in [0.2, 0.25) is 11.8 Å². The Morgan fingerprint density at radius 1 is 1.21 bits per heavy atom. The molecule has 2 saturated heterocycles. The first-order chi connectivity index (χ1) is 13.6. The van der Waals surface area contributed by atoms with E-state index in [-0.39, 0.29) is 12.5 Å². The number of barbiturate groups is 1. The Morgan fingerprint density at radius 2 is 1.93 bits per heavy atom. The third kappa shape index (κ3) is 2.86. The van der Waals surface area contributed by atoms with E-state index < -0.39 is 28.8 Å². The lowest BCUT2D eigenvalue weighted by molar-refractivity contribution is -0.157. The van der Waals surface area contributed by atoms with Crippen LogP contribution in [0.3, 0.4) is 0 Å². The molecule has 29 heavy (non-hydrogen) atoms. The molecule has 2 fully saturated rings. The molecule has 4 amide bonds. The fraction of sp³-hybridized carbons (Fsp3) is 0.571. The zero-order valence-electron chi connectivity index (χ0n) is 17.3. The van der Waals surface area contributed by atoms with Gasteiger partial charge in [-0.15, -0.1) is 0 Å². The number of halogens is 1. The molecule has 8 heteroatoms. The summed E-state index contributed by atoms with van der Waals surface area (Å²) < 4.78 is 0. The van der Waals surface area contributed by atoms with Gasteiger partial charge >= 0.3 is 6.03 Å². The van der Waals surface area contributed by atoms with Crippen molar-refractivity contribution in [3.8, 4) is 0 Å². The van der Waals surface area contributed by atoms with E-state index in [4.69, 9.17) is 11.6 Å². The second-order valence-electron chi connectivity index (χ2n) is 9.06. The van der Waals surface area contributed by atoms with E-state index in [1.807, 2.05) is 12.1 Å². The molecule has 2 atom stereocenters. The Morgan fingerprint density at radius 3 is 2.59 bits per heavy atom. The molecule has 1 N–H and O–H groups in total. The Balaban J connectivity index is 1.92. The molecule has 3 aliphatic heterocycles. The lowest BCUT2D eigenvalue weighted by atomic mass is 9.67. The maximum Gasteiger partial charge on any atom is 0.331 e. The van der Waals surface area contributed by atoms with Crippen molar-refractivity contribution in [3.05, 3.63) is 28.8 Å². The molecular formula is C21H27ClN4O3. The van der Waals surface area contributed by atoms with Crippen LogP contribution in [0.15, 0.2) is 18.2 Å². The first-order valence-electron chi connectivity index (χ1n) is 10.1. The van der Waals surface area contributed by atoms with Crippen LogP contribution in [-0.2, 0) is 16.0 Å². The molecule has 1 spiro atoms. The van der Waals surface area contributed by atoms with E-state index in [0.29, 0.717) is 18.1 Å². The number of likely N-dealkylation sites (N-methyl/N-ethyl adjacent to an activating group) is 1. The molecule has 0 radical (unpaired) electrons. The number of rotatable bonds is 1. The standard InChI is InChI=1S/C21H27ClN4O3/c1-5-24-9-10-25-15-8-6-7-14(22)13(15)11-21(16(25)12-24)17(27)23-19(29)26(18(21)28)20(2,3)4/h6-8,16H,5,9-12H2,1-4H3,(H,23,27,29)/t16-,21+/m1/s1. The minimum atomic E-state index is -1.40. The van der Waals surface area contributed by atoms with Gasteiger partial charge in [-0.25, -0.2) is 4.79 Å². The minimum absolute atomic E-state index is 0.186. The Kier molecular flexibility index (Phi) is 4.66. The summed E-state index contributed by atoms with van der Waals surface area (Å²) >= 11 is 6.52. The number of benzene rings is 1. The highest BCUT2D eigenvalue weighted by Gasteiger charge is 2.64. The Labute approximate surface area is 176 Å². The number of hydrogen-bond acceptors (Lipinski definition) is 5. The summed E-state index contributed by atoms with van der Waals surface area (Å²) in [5, 5.41) is 3.02. The van der Waals surface area contributed by atoms with Crippen LogP contribution < -0.4 is 10.2 Å². The predicted molar refractivity (Wildman–Crippen MR) is 111 cm³/mol. The number of amides is 4. The topological polar surface area (TPSA) is 73.0 Å². The first-order valence-corrected chi connectivity index (χ1v) is 10.5. The molecule has 156 valence electrons. The number of imide groups is 2. The van der Waals surface area contributed by atoms with Crippen molar-refractivity contribution < 1.29 is 14.4 Å². The fourth-order valence-corrected chi connectivity index (χ4v) is 5.17. The fourth-order valence-electron chi connectivity index (χ4n) is 4.94. The van der Waals surface area contributed by atoms with Crippen LogP contribution >= 0.6 is 11.6 Å². The van der Waals surface area contributed by atoms with Gasteiger partial charge in [-0.3, -0.25) is 24.7 Å². The second kappa shape index (κ2) is 6.71. The van der Waals surface area contributed by atoms with Crippen LogP contribution in [0, 0.1) is 5.41 Å². The molecule has 0 unspecified atom stereocenters. The highest BCUT2D eigenvalue weighted by Crippen LogP contribution is 2.48. The third-order valence-corrected chi connectivity index (χ3v) is 6.78. The number of nitrogens with zero attached hydrogens (tertiary/aromatic N) is 3. The molecule has 1 aromatic carbocycles. The van der Waals surface area contributed by atoms with E-state index in [9.17, 15) is 14.4 Å². The van der Waals surface area contributed by atoms with Crippen molar-refractivity contribution in [2.45, 2.75) is 45.7 Å². The number of carbonyl (C=O) groups is 3. The Bertz CT molecular complexity index is 896. The molecule has 0 aliphatic carbocycles. The van der Waals surface area contributed by atoms with E-state index >= 15 is 0 Å². The molecule has 0 bridgehead atoms. The molecule has 3 heterocycles. The van der Waals surface area contributed by atoms with Gasteiger partial charge in [0.05, 0.1) is 6.04 Å². The van der Waals surface area contributed by atoms with E-state index in [1.54, 1.807) is 26.8 Å². The molecular weight excluding hydrogens is 392 g/mol. The van der Waals surface area contributed by atoms with E-state index in [2.05, 4.69) is 22.0 Å². The van der Waals surface area contributed by atoms with E-state index in [0.717, 1.165) is 24.3 Å². The third-order valence-electron chi connectivity index (χ3n) is 6.42. The summed E-state index contributed by atoms with van der Waals surface area (Å²) in [6.45, 7) is 10.4. The van der Waals surface area contributed by atoms with Gasteiger partial charge in [-0.1, -0.05) is 24.6 Å². The molecule has 3 aliphatic rings. The van der Waals surface area contributed by atoms with Crippen molar-refractivity contribution >= 4 is 35.1 Å². The number of carbonyl (C=O) groups excluding carboxylic acids is 3. The zero-order chi connectivity index (χ0) is 21.1. The average Bonchev–Trinajstić information content (AvgIpc) is 2.65. The van der Waals surface area contributed by atoms with Gasteiger partial charge in [0, 0.05) is 42.3 Å². The summed E-state index contributed by atoms with van der Waals surface area (Å²) in [6, 6.07) is 4.66. The highest BCUT2D eigenvalue weighted by atomic mass is 35.5. The van der Waals surface area contributed by atoms with Gasteiger partial charge in [-0.05, 0) is 45.0 Å². The highest BCUT2D eigenvalue weighted by molar-refractivity contribution is 6.32. The summed E-state index contributed by atoms with van der Waals surface area (Å²) in [7, 11) is 0. The summed E-state index contributed by atoms with van der Waals surface area (Å²) in [4.78, 5) is 45.5. The average molecular weight is 419 g/mol. The van der Waals surface area contributed by atoms with Gasteiger partial charge in [0.1, 0.15) is 0 Å². The number of piperazine rings is 1. The van der Waals surface area contributed by atoms with Crippen molar-refractivity contribution in [1.29, 1.82) is 0 Å². The van der Waals surface area contributed by atoms with Crippen molar-refractivity contribution in [2.75, 3.05) is 31.1 Å². The van der Waals surface area contributed by atoms with Crippen LogP contribution in [0.1, 0.15) is 33.3 Å². The SMILES string of the molecule is CCN1CCN2c3cccc(Cl)c3C[C@@]3(C(=O)NC(=O)N(C(C)(C)C)C3=O)[C@H]2C1. The maximum atomic E-state index is 13.9. The van der Waals surface area contributed by atoms with Crippen LogP contribution in [0.5, 0.6) is 0 Å². The minimum Gasteiger partial charge on any atom is -0.364 e. The van der Waals surface area contributed by atoms with Gasteiger partial charge in [0.15, 0.2) is 5.41 Å².